The predicted octanol–water partition coefficient (Wildman–Crippen LogP) is 2.61. The van der Waals surface area contributed by atoms with Gasteiger partial charge in [0, 0.05) is 17.7 Å². The SMILES string of the molecule is CSC(C)CC(=O)Nc1ccc(O)cc1F. The van der Waals surface area contributed by atoms with Gasteiger partial charge < -0.3 is 10.4 Å². The van der Waals surface area contributed by atoms with Crippen molar-refractivity contribution in [2.45, 2.75) is 18.6 Å². The molecule has 2 N–H and O–H groups in total. The number of hydrogen-bond donors (Lipinski definition) is 2. The van der Waals surface area contributed by atoms with Gasteiger partial charge in [-0.25, -0.2) is 4.39 Å². The molecule has 0 aliphatic heterocycles. The lowest BCUT2D eigenvalue weighted by Crippen LogP contribution is -2.16. The minimum atomic E-state index is -0.634. The highest BCUT2D eigenvalue weighted by Gasteiger charge is 2.10. The third-order valence-electron chi connectivity index (χ3n) is 2.10. The quantitative estimate of drug-likeness (QED) is 0.799. The highest BCUT2D eigenvalue weighted by Crippen LogP contribution is 2.20. The fourth-order valence-corrected chi connectivity index (χ4v) is 1.47. The Kier molecular flexibility index (Phi) is 4.61. The van der Waals surface area contributed by atoms with E-state index in [-0.39, 0.29) is 22.6 Å². The number of phenols is 1. The zero-order valence-electron chi connectivity index (χ0n) is 9.16. The Hall–Kier alpha value is -1.23. The molecule has 0 radical (unpaired) electrons. The molecule has 1 rings (SSSR count). The van der Waals surface area contributed by atoms with Crippen molar-refractivity contribution in [1.82, 2.24) is 0 Å². The number of carbonyl (C=O) groups is 1. The van der Waals surface area contributed by atoms with Crippen molar-refractivity contribution >= 4 is 23.4 Å². The smallest absolute Gasteiger partial charge is 0.225 e. The summed E-state index contributed by atoms with van der Waals surface area (Å²) in [6, 6.07) is 3.64. The van der Waals surface area contributed by atoms with Crippen LogP contribution in [-0.2, 0) is 4.79 Å². The first-order valence-corrected chi connectivity index (χ1v) is 6.13. The highest BCUT2D eigenvalue weighted by molar-refractivity contribution is 7.99. The topological polar surface area (TPSA) is 49.3 Å². The molecule has 0 spiro atoms. The maximum Gasteiger partial charge on any atom is 0.225 e. The first kappa shape index (κ1) is 12.8. The summed E-state index contributed by atoms with van der Waals surface area (Å²) in [4.78, 5) is 11.5. The molecule has 0 fully saturated rings. The van der Waals surface area contributed by atoms with Gasteiger partial charge >= 0.3 is 0 Å². The van der Waals surface area contributed by atoms with Crippen LogP contribution in [0.3, 0.4) is 0 Å². The van der Waals surface area contributed by atoms with Gasteiger partial charge in [0.1, 0.15) is 11.6 Å². The van der Waals surface area contributed by atoms with E-state index in [1.807, 2.05) is 13.2 Å². The summed E-state index contributed by atoms with van der Waals surface area (Å²) >= 11 is 1.58. The summed E-state index contributed by atoms with van der Waals surface area (Å²) in [7, 11) is 0. The normalized spacial score (nSPS) is 12.2. The summed E-state index contributed by atoms with van der Waals surface area (Å²) in [5.74, 6) is -1.02. The molecule has 0 bridgehead atoms. The van der Waals surface area contributed by atoms with E-state index in [9.17, 15) is 9.18 Å². The number of halogens is 1. The second-order valence-corrected chi connectivity index (χ2v) is 4.74. The third kappa shape index (κ3) is 3.73. The largest absolute Gasteiger partial charge is 0.508 e. The van der Waals surface area contributed by atoms with Crippen molar-refractivity contribution in [2.24, 2.45) is 0 Å². The van der Waals surface area contributed by atoms with Crippen LogP contribution < -0.4 is 5.32 Å². The maximum atomic E-state index is 13.3. The van der Waals surface area contributed by atoms with E-state index in [1.165, 1.54) is 12.1 Å². The van der Waals surface area contributed by atoms with Crippen molar-refractivity contribution in [3.63, 3.8) is 0 Å². The Morgan fingerprint density at radius 2 is 2.31 bits per heavy atom. The van der Waals surface area contributed by atoms with Gasteiger partial charge in [-0.2, -0.15) is 11.8 Å². The molecule has 1 unspecified atom stereocenters. The number of amides is 1. The Morgan fingerprint density at radius 1 is 1.62 bits per heavy atom. The Labute approximate surface area is 98.1 Å². The first-order valence-electron chi connectivity index (χ1n) is 4.84. The Balaban J connectivity index is 2.63. The van der Waals surface area contributed by atoms with Crippen LogP contribution in [0.25, 0.3) is 0 Å². The van der Waals surface area contributed by atoms with Crippen LogP contribution in [0.4, 0.5) is 10.1 Å². The van der Waals surface area contributed by atoms with Crippen LogP contribution in [0.2, 0.25) is 0 Å². The van der Waals surface area contributed by atoms with Gasteiger partial charge in [-0.15, -0.1) is 0 Å². The van der Waals surface area contributed by atoms with Crippen LogP contribution in [-0.4, -0.2) is 22.5 Å². The molecule has 88 valence electrons. The predicted molar refractivity (Wildman–Crippen MR) is 64.3 cm³/mol. The standard InChI is InChI=1S/C11H14FNO2S/c1-7(16-2)5-11(15)13-10-4-3-8(14)6-9(10)12/h3-4,6-7,14H,5H2,1-2H3,(H,13,15). The minimum Gasteiger partial charge on any atom is -0.508 e. The van der Waals surface area contributed by atoms with Crippen LogP contribution in [0.5, 0.6) is 5.75 Å². The van der Waals surface area contributed by atoms with Crippen molar-refractivity contribution in [3.8, 4) is 5.75 Å². The number of benzene rings is 1. The van der Waals surface area contributed by atoms with Crippen LogP contribution in [0.15, 0.2) is 18.2 Å². The molecule has 1 atom stereocenters. The fraction of sp³-hybridized carbons (Fsp3) is 0.364. The molecular formula is C11H14FNO2S. The molecule has 0 heterocycles. The van der Waals surface area contributed by atoms with E-state index < -0.39 is 5.82 Å². The Morgan fingerprint density at radius 3 is 2.88 bits per heavy atom. The molecule has 1 amide bonds. The van der Waals surface area contributed by atoms with E-state index in [4.69, 9.17) is 5.11 Å². The molecule has 3 nitrogen and oxygen atoms in total. The second kappa shape index (κ2) is 5.75. The van der Waals surface area contributed by atoms with E-state index in [0.717, 1.165) is 6.07 Å². The molecule has 16 heavy (non-hydrogen) atoms. The van der Waals surface area contributed by atoms with Gasteiger partial charge in [-0.1, -0.05) is 6.92 Å². The van der Waals surface area contributed by atoms with E-state index in [0.29, 0.717) is 6.42 Å². The molecule has 0 saturated heterocycles. The summed E-state index contributed by atoms with van der Waals surface area (Å²) in [6.07, 6.45) is 2.25. The first-order chi connectivity index (χ1) is 7.52. The van der Waals surface area contributed by atoms with Gasteiger partial charge in [0.25, 0.3) is 0 Å². The number of phenolic OH excluding ortho intramolecular Hbond substituents is 1. The Bertz CT molecular complexity index is 384. The zero-order chi connectivity index (χ0) is 12.1. The summed E-state index contributed by atoms with van der Waals surface area (Å²) in [5.41, 5.74) is 0.0936. The molecule has 0 aromatic heterocycles. The van der Waals surface area contributed by atoms with Gasteiger partial charge in [-0.3, -0.25) is 4.79 Å². The van der Waals surface area contributed by atoms with Gasteiger partial charge in [0.15, 0.2) is 0 Å². The summed E-state index contributed by atoms with van der Waals surface area (Å²) in [6.45, 7) is 1.93. The average Bonchev–Trinajstić information content (AvgIpc) is 2.22. The van der Waals surface area contributed by atoms with Gasteiger partial charge in [-0.05, 0) is 18.4 Å². The molecule has 0 aliphatic carbocycles. The monoisotopic (exact) mass is 243 g/mol. The van der Waals surface area contributed by atoms with Crippen LogP contribution in [0.1, 0.15) is 13.3 Å². The van der Waals surface area contributed by atoms with Crippen molar-refractivity contribution in [2.75, 3.05) is 11.6 Å². The second-order valence-electron chi connectivity index (χ2n) is 3.46. The maximum absolute atomic E-state index is 13.3. The molecule has 0 saturated carbocycles. The van der Waals surface area contributed by atoms with E-state index >= 15 is 0 Å². The van der Waals surface area contributed by atoms with Crippen molar-refractivity contribution in [3.05, 3.63) is 24.0 Å². The number of aromatic hydroxyl groups is 1. The number of nitrogens with one attached hydrogen (secondary N) is 1. The van der Waals surface area contributed by atoms with Gasteiger partial charge in [0.05, 0.1) is 5.69 Å². The van der Waals surface area contributed by atoms with Crippen molar-refractivity contribution < 1.29 is 14.3 Å². The number of anilines is 1. The van der Waals surface area contributed by atoms with E-state index in [2.05, 4.69) is 5.32 Å². The van der Waals surface area contributed by atoms with Crippen molar-refractivity contribution in [1.29, 1.82) is 0 Å². The summed E-state index contributed by atoms with van der Waals surface area (Å²) in [5, 5.41) is 11.7. The molecule has 0 aliphatic rings. The molecule has 1 aromatic carbocycles. The molecule has 1 aromatic rings. The lowest BCUT2D eigenvalue weighted by atomic mass is 10.2. The lowest BCUT2D eigenvalue weighted by Gasteiger charge is -2.09. The minimum absolute atomic E-state index is 0.0936. The van der Waals surface area contributed by atoms with Gasteiger partial charge in [0.2, 0.25) is 5.91 Å². The lowest BCUT2D eigenvalue weighted by molar-refractivity contribution is -0.116. The number of carbonyl (C=O) groups excluding carboxylic acids is 1. The highest BCUT2D eigenvalue weighted by atomic mass is 32.2. The molecule has 5 heteroatoms. The third-order valence-corrected chi connectivity index (χ3v) is 3.07. The summed E-state index contributed by atoms with van der Waals surface area (Å²) < 4.78 is 13.3. The van der Waals surface area contributed by atoms with E-state index in [1.54, 1.807) is 11.8 Å². The van der Waals surface area contributed by atoms with Crippen LogP contribution >= 0.6 is 11.8 Å². The number of rotatable bonds is 4. The zero-order valence-corrected chi connectivity index (χ0v) is 9.97. The van der Waals surface area contributed by atoms with Crippen LogP contribution in [0, 0.1) is 5.82 Å². The number of hydrogen-bond acceptors (Lipinski definition) is 3. The fourth-order valence-electron chi connectivity index (χ4n) is 1.15. The number of thioether (sulfide) groups is 1. The molecular weight excluding hydrogens is 229 g/mol. The average molecular weight is 243 g/mol.